The summed E-state index contributed by atoms with van der Waals surface area (Å²) in [5, 5.41) is 0.120. The van der Waals surface area contributed by atoms with Crippen LogP contribution in [0.25, 0.3) is 0 Å². The van der Waals surface area contributed by atoms with Crippen LogP contribution in [-0.4, -0.2) is 58.3 Å². The van der Waals surface area contributed by atoms with Crippen LogP contribution in [0.1, 0.15) is 17.5 Å². The lowest BCUT2D eigenvalue weighted by atomic mass is 10.3. The maximum atomic E-state index is 12.6. The first-order valence-electron chi connectivity index (χ1n) is 7.50. The molecule has 1 aliphatic rings. The first-order valence-corrected chi connectivity index (χ1v) is 8.94. The zero-order valence-corrected chi connectivity index (χ0v) is 14.4. The summed E-state index contributed by atoms with van der Waals surface area (Å²) in [6.45, 7) is 6.42. The fourth-order valence-corrected chi connectivity index (χ4v) is 4.02. The second-order valence-electron chi connectivity index (χ2n) is 5.78. The molecule has 0 aromatic carbocycles. The molecule has 1 fully saturated rings. The summed E-state index contributed by atoms with van der Waals surface area (Å²) >= 11 is 0. The standard InChI is InChI=1S/C14H21N5O3S/c1-11-8-15-13(22-11)9-18-4-6-19(7-5-18)23(20,21)14-10-17(3)12(2)16-14/h8,10H,4-7,9H2,1-3H3. The first-order chi connectivity index (χ1) is 10.9. The predicted molar refractivity (Wildman–Crippen MR) is 83.2 cm³/mol. The Bertz CT molecular complexity index is 768. The second kappa shape index (κ2) is 6.06. The normalized spacial score (nSPS) is 17.7. The number of piperazine rings is 1. The van der Waals surface area contributed by atoms with Gasteiger partial charge < -0.3 is 8.98 Å². The molecule has 3 heterocycles. The summed E-state index contributed by atoms with van der Waals surface area (Å²) in [5.41, 5.74) is 0. The zero-order valence-electron chi connectivity index (χ0n) is 13.6. The SMILES string of the molecule is Cc1cnc(CN2CCN(S(=O)(=O)c3cn(C)c(C)n3)CC2)o1. The molecule has 0 atom stereocenters. The van der Waals surface area contributed by atoms with Gasteiger partial charge in [-0.3, -0.25) is 4.90 Å². The number of hydrogen-bond donors (Lipinski definition) is 0. The van der Waals surface area contributed by atoms with Crippen molar-refractivity contribution in [2.75, 3.05) is 26.2 Å². The van der Waals surface area contributed by atoms with Gasteiger partial charge in [-0.2, -0.15) is 4.31 Å². The molecule has 0 N–H and O–H groups in total. The van der Waals surface area contributed by atoms with Crippen molar-refractivity contribution in [3.63, 3.8) is 0 Å². The minimum Gasteiger partial charge on any atom is -0.445 e. The lowest BCUT2D eigenvalue weighted by Gasteiger charge is -2.32. The molecule has 9 heteroatoms. The summed E-state index contributed by atoms with van der Waals surface area (Å²) in [4.78, 5) is 10.5. The maximum absolute atomic E-state index is 12.6. The third-order valence-corrected chi connectivity index (χ3v) is 5.82. The average Bonchev–Trinajstić information content (AvgIpc) is 3.06. The number of sulfonamides is 1. The summed E-state index contributed by atoms with van der Waals surface area (Å²) in [7, 11) is -1.73. The minimum atomic E-state index is -3.52. The highest BCUT2D eigenvalue weighted by Crippen LogP contribution is 2.17. The van der Waals surface area contributed by atoms with Crippen LogP contribution in [0.4, 0.5) is 0 Å². The van der Waals surface area contributed by atoms with Crippen LogP contribution in [0, 0.1) is 13.8 Å². The number of oxazole rings is 1. The topological polar surface area (TPSA) is 84.5 Å². The van der Waals surface area contributed by atoms with E-state index in [1.54, 1.807) is 30.9 Å². The van der Waals surface area contributed by atoms with Crippen LogP contribution in [0.2, 0.25) is 0 Å². The number of imidazole rings is 1. The van der Waals surface area contributed by atoms with E-state index in [1.165, 1.54) is 4.31 Å². The molecule has 2 aromatic rings. The summed E-state index contributed by atoms with van der Waals surface area (Å²) in [5.74, 6) is 2.13. The van der Waals surface area contributed by atoms with Crippen molar-refractivity contribution in [1.29, 1.82) is 0 Å². The van der Waals surface area contributed by atoms with Gasteiger partial charge >= 0.3 is 0 Å². The van der Waals surface area contributed by atoms with Gasteiger partial charge in [0.05, 0.1) is 12.7 Å². The molecule has 2 aromatic heterocycles. The minimum absolute atomic E-state index is 0.120. The van der Waals surface area contributed by atoms with Crippen LogP contribution >= 0.6 is 0 Å². The Hall–Kier alpha value is -1.71. The van der Waals surface area contributed by atoms with Gasteiger partial charge in [-0.05, 0) is 13.8 Å². The number of aryl methyl sites for hydroxylation is 3. The van der Waals surface area contributed by atoms with Crippen molar-refractivity contribution in [3.8, 4) is 0 Å². The lowest BCUT2D eigenvalue weighted by Crippen LogP contribution is -2.48. The number of aromatic nitrogens is 3. The number of rotatable bonds is 4. The molecule has 126 valence electrons. The Morgan fingerprint density at radius 3 is 2.43 bits per heavy atom. The molecule has 0 unspecified atom stereocenters. The van der Waals surface area contributed by atoms with Crippen LogP contribution in [0.3, 0.4) is 0 Å². The highest BCUT2D eigenvalue weighted by Gasteiger charge is 2.30. The predicted octanol–water partition coefficient (Wildman–Crippen LogP) is 0.531. The number of hydrogen-bond acceptors (Lipinski definition) is 6. The highest BCUT2D eigenvalue weighted by atomic mass is 32.2. The fraction of sp³-hybridized carbons (Fsp3) is 0.571. The molecule has 0 amide bonds. The van der Waals surface area contributed by atoms with Gasteiger partial charge in [0, 0.05) is 39.4 Å². The lowest BCUT2D eigenvalue weighted by molar-refractivity contribution is 0.167. The fourth-order valence-electron chi connectivity index (χ4n) is 2.58. The smallest absolute Gasteiger partial charge is 0.262 e. The maximum Gasteiger partial charge on any atom is 0.262 e. The van der Waals surface area contributed by atoms with Crippen molar-refractivity contribution in [2.45, 2.75) is 25.4 Å². The van der Waals surface area contributed by atoms with Crippen LogP contribution in [0.15, 0.2) is 21.8 Å². The van der Waals surface area contributed by atoms with Crippen molar-refractivity contribution in [2.24, 2.45) is 7.05 Å². The Balaban J connectivity index is 1.64. The van der Waals surface area contributed by atoms with E-state index < -0.39 is 10.0 Å². The summed E-state index contributed by atoms with van der Waals surface area (Å²) in [6.07, 6.45) is 3.26. The van der Waals surface area contributed by atoms with Crippen molar-refractivity contribution < 1.29 is 12.8 Å². The molecule has 0 aliphatic carbocycles. The largest absolute Gasteiger partial charge is 0.445 e. The molecular weight excluding hydrogens is 318 g/mol. The third-order valence-electron chi connectivity index (χ3n) is 4.05. The van der Waals surface area contributed by atoms with E-state index in [0.29, 0.717) is 44.4 Å². The van der Waals surface area contributed by atoms with E-state index in [2.05, 4.69) is 14.9 Å². The quantitative estimate of drug-likeness (QED) is 0.808. The molecule has 0 bridgehead atoms. The molecule has 1 aliphatic heterocycles. The zero-order chi connectivity index (χ0) is 16.6. The van der Waals surface area contributed by atoms with Gasteiger partial charge in [0.15, 0.2) is 5.03 Å². The average molecular weight is 339 g/mol. The third kappa shape index (κ3) is 3.31. The highest BCUT2D eigenvalue weighted by molar-refractivity contribution is 7.89. The van der Waals surface area contributed by atoms with E-state index in [9.17, 15) is 8.42 Å². The van der Waals surface area contributed by atoms with E-state index in [1.807, 2.05) is 6.92 Å². The van der Waals surface area contributed by atoms with Crippen LogP contribution < -0.4 is 0 Å². The molecule has 0 spiro atoms. The summed E-state index contributed by atoms with van der Waals surface area (Å²) in [6, 6.07) is 0. The van der Waals surface area contributed by atoms with Gasteiger partial charge in [0.2, 0.25) is 5.89 Å². The molecule has 1 saturated heterocycles. The van der Waals surface area contributed by atoms with E-state index >= 15 is 0 Å². The van der Waals surface area contributed by atoms with Gasteiger partial charge in [-0.25, -0.2) is 18.4 Å². The van der Waals surface area contributed by atoms with E-state index in [4.69, 9.17) is 4.42 Å². The first kappa shape index (κ1) is 16.2. The molecule has 0 saturated carbocycles. The second-order valence-corrected chi connectivity index (χ2v) is 7.67. The van der Waals surface area contributed by atoms with Crippen molar-refractivity contribution in [1.82, 2.24) is 23.7 Å². The van der Waals surface area contributed by atoms with E-state index in [0.717, 1.165) is 5.76 Å². The molecule has 23 heavy (non-hydrogen) atoms. The van der Waals surface area contributed by atoms with Crippen LogP contribution in [-0.2, 0) is 23.6 Å². The van der Waals surface area contributed by atoms with Gasteiger partial charge in [0.25, 0.3) is 10.0 Å². The molecule has 0 radical (unpaired) electrons. The Kier molecular flexibility index (Phi) is 4.26. The van der Waals surface area contributed by atoms with Crippen molar-refractivity contribution >= 4 is 10.0 Å². The van der Waals surface area contributed by atoms with E-state index in [-0.39, 0.29) is 5.03 Å². The monoisotopic (exact) mass is 339 g/mol. The Morgan fingerprint density at radius 2 is 1.91 bits per heavy atom. The van der Waals surface area contributed by atoms with Gasteiger partial charge in [-0.1, -0.05) is 0 Å². The van der Waals surface area contributed by atoms with Crippen molar-refractivity contribution in [3.05, 3.63) is 29.9 Å². The molecular formula is C14H21N5O3S. The Morgan fingerprint density at radius 1 is 1.22 bits per heavy atom. The summed E-state index contributed by atoms with van der Waals surface area (Å²) < 4.78 is 33.9. The van der Waals surface area contributed by atoms with Gasteiger partial charge in [-0.15, -0.1) is 0 Å². The number of nitrogens with zero attached hydrogens (tertiary/aromatic N) is 5. The Labute approximate surface area is 135 Å². The van der Waals surface area contributed by atoms with Gasteiger partial charge in [0.1, 0.15) is 11.6 Å². The molecule has 3 rings (SSSR count). The molecule has 8 nitrogen and oxygen atoms in total. The van der Waals surface area contributed by atoms with Crippen LogP contribution in [0.5, 0.6) is 0 Å².